The van der Waals surface area contributed by atoms with Gasteiger partial charge in [0.25, 0.3) is 0 Å². The second-order valence-electron chi connectivity index (χ2n) is 12.7. The largest absolute Gasteiger partial charge is 0.489 e. The fourth-order valence-corrected chi connectivity index (χ4v) is 7.56. The molecule has 4 aromatic rings. The fraction of sp³-hybridized carbons (Fsp3) is 0.455. The van der Waals surface area contributed by atoms with Crippen LogP contribution in [0.4, 0.5) is 35.0 Å². The van der Waals surface area contributed by atoms with Crippen molar-refractivity contribution in [3.05, 3.63) is 52.1 Å². The molecule has 7 rings (SSSR count). The quantitative estimate of drug-likeness (QED) is 0.230. The van der Waals surface area contributed by atoms with Crippen LogP contribution in [0.5, 0.6) is 11.8 Å². The first-order chi connectivity index (χ1) is 23.3. The highest BCUT2D eigenvalue weighted by atomic mass is 35.5. The summed E-state index contributed by atoms with van der Waals surface area (Å²) in [6, 6.07) is 3.39. The van der Waals surface area contributed by atoms with E-state index in [0.717, 1.165) is 19.4 Å². The summed E-state index contributed by atoms with van der Waals surface area (Å²) >= 11 is 6.87. The van der Waals surface area contributed by atoms with Gasteiger partial charge in [-0.2, -0.15) is 23.1 Å². The first-order valence-electron chi connectivity index (χ1n) is 16.0. The van der Waals surface area contributed by atoms with Crippen LogP contribution >= 0.6 is 11.6 Å². The first-order valence-corrected chi connectivity index (χ1v) is 16.4. The topological polar surface area (TPSA) is 138 Å². The highest BCUT2D eigenvalue weighted by molar-refractivity contribution is 6.37. The minimum Gasteiger partial charge on any atom is -0.489 e. The molecule has 2 fully saturated rings. The third-order valence-electron chi connectivity index (χ3n) is 9.72. The second-order valence-corrected chi connectivity index (χ2v) is 13.1. The van der Waals surface area contributed by atoms with Gasteiger partial charge < -0.3 is 30.6 Å². The summed E-state index contributed by atoms with van der Waals surface area (Å²) in [4.78, 5) is 21.5. The van der Waals surface area contributed by atoms with Gasteiger partial charge >= 0.3 is 12.2 Å². The van der Waals surface area contributed by atoms with Crippen molar-refractivity contribution in [2.75, 3.05) is 49.3 Å². The van der Waals surface area contributed by atoms with Gasteiger partial charge in [0.1, 0.15) is 36.2 Å². The third-order valence-corrected chi connectivity index (χ3v) is 10.1. The third kappa shape index (κ3) is 5.80. The number of aromatic nitrogens is 4. The molecule has 0 radical (unpaired) electrons. The molecule has 0 bridgehead atoms. The van der Waals surface area contributed by atoms with E-state index in [1.165, 1.54) is 6.92 Å². The zero-order valence-electron chi connectivity index (χ0n) is 27.0. The molecule has 0 spiro atoms. The number of hydrogen-bond donors (Lipinski definition) is 2. The lowest BCUT2D eigenvalue weighted by atomic mass is 9.95. The first kappa shape index (κ1) is 33.3. The molecule has 260 valence electrons. The Bertz CT molecular complexity index is 1930. The van der Waals surface area contributed by atoms with Crippen molar-refractivity contribution in [2.24, 2.45) is 0 Å². The lowest BCUT2D eigenvalue weighted by Crippen LogP contribution is -2.49. The van der Waals surface area contributed by atoms with Gasteiger partial charge in [-0.25, -0.2) is 14.4 Å². The molecule has 16 heteroatoms. The summed E-state index contributed by atoms with van der Waals surface area (Å²) in [5, 5.41) is -0.155. The van der Waals surface area contributed by atoms with Crippen LogP contribution in [0.25, 0.3) is 22.0 Å². The van der Waals surface area contributed by atoms with Gasteiger partial charge in [0, 0.05) is 47.7 Å². The highest BCUT2D eigenvalue weighted by Crippen LogP contribution is 2.51. The average molecular weight is 703 g/mol. The van der Waals surface area contributed by atoms with Crippen LogP contribution in [0.3, 0.4) is 0 Å². The van der Waals surface area contributed by atoms with Crippen molar-refractivity contribution < 1.29 is 31.8 Å². The molecule has 3 aromatic heterocycles. The number of alkyl halides is 3. The molecule has 4 atom stereocenters. The van der Waals surface area contributed by atoms with Crippen LogP contribution in [-0.2, 0) is 10.9 Å². The molecule has 0 aliphatic carbocycles. The number of fused-ring (bicyclic) bond motifs is 1. The highest BCUT2D eigenvalue weighted by Gasteiger charge is 2.40. The number of anilines is 3. The van der Waals surface area contributed by atoms with E-state index in [2.05, 4.69) is 19.9 Å². The number of morpholine rings is 1. The zero-order chi connectivity index (χ0) is 34.8. The number of benzene rings is 1. The predicted molar refractivity (Wildman–Crippen MR) is 176 cm³/mol. The van der Waals surface area contributed by atoms with Gasteiger partial charge in [-0.15, -0.1) is 0 Å². The molecular weight excluding hydrogens is 668 g/mol. The maximum absolute atomic E-state index is 17.0. The molecule has 0 unspecified atom stereocenters. The van der Waals surface area contributed by atoms with Crippen LogP contribution in [-0.4, -0.2) is 75.9 Å². The van der Waals surface area contributed by atoms with Gasteiger partial charge in [-0.05, 0) is 45.2 Å². The van der Waals surface area contributed by atoms with Crippen LogP contribution in [0, 0.1) is 12.7 Å². The van der Waals surface area contributed by atoms with Gasteiger partial charge in [0.2, 0.25) is 0 Å². The number of nitrogen functional groups attached to an aromatic ring is 2. The van der Waals surface area contributed by atoms with Crippen molar-refractivity contribution in [2.45, 2.75) is 64.0 Å². The summed E-state index contributed by atoms with van der Waals surface area (Å²) in [5.74, 6) is -0.794. The van der Waals surface area contributed by atoms with Gasteiger partial charge in [-0.3, -0.25) is 4.90 Å². The van der Waals surface area contributed by atoms with E-state index in [4.69, 9.17) is 42.3 Å². The van der Waals surface area contributed by atoms with Crippen LogP contribution in [0.2, 0.25) is 5.02 Å². The van der Waals surface area contributed by atoms with E-state index in [0.29, 0.717) is 24.2 Å². The van der Waals surface area contributed by atoms with E-state index in [1.54, 1.807) is 12.3 Å². The number of hydrogen-bond acceptors (Lipinski definition) is 11. The van der Waals surface area contributed by atoms with E-state index in [-0.39, 0.29) is 88.4 Å². The Morgan fingerprint density at radius 2 is 1.94 bits per heavy atom. The van der Waals surface area contributed by atoms with Crippen molar-refractivity contribution in [3.63, 3.8) is 0 Å². The summed E-state index contributed by atoms with van der Waals surface area (Å²) in [6.45, 7) is 7.06. The lowest BCUT2D eigenvalue weighted by molar-refractivity contribution is -0.138. The molecule has 11 nitrogen and oxygen atoms in total. The summed E-state index contributed by atoms with van der Waals surface area (Å²) in [7, 11) is 0. The van der Waals surface area contributed by atoms with E-state index >= 15 is 4.39 Å². The van der Waals surface area contributed by atoms with Crippen LogP contribution < -0.4 is 25.8 Å². The van der Waals surface area contributed by atoms with Gasteiger partial charge in [0.05, 0.1) is 41.3 Å². The minimum absolute atomic E-state index is 0.000580. The molecule has 0 saturated carbocycles. The molecule has 1 aromatic carbocycles. The normalized spacial score (nSPS) is 21.7. The Kier molecular flexibility index (Phi) is 8.56. The Morgan fingerprint density at radius 1 is 1.14 bits per heavy atom. The monoisotopic (exact) mass is 702 g/mol. The number of halogens is 5. The van der Waals surface area contributed by atoms with Crippen molar-refractivity contribution in [1.29, 1.82) is 0 Å². The SMILES string of the molecule is Cc1c(C(F)(F)F)cnc(N)c1-c1c(Cl)c2c3c(nc(OC[C@@H]4CC[C@H]5CO[C@H](C)CN45)nc3c1F)N([C@H](C)c1cccnc1N)CCO2. The van der Waals surface area contributed by atoms with Crippen molar-refractivity contribution in [3.8, 4) is 22.9 Å². The maximum Gasteiger partial charge on any atom is 0.418 e. The number of nitrogens with zero attached hydrogens (tertiary/aromatic N) is 6. The number of pyridine rings is 2. The summed E-state index contributed by atoms with van der Waals surface area (Å²) < 4.78 is 77.2. The summed E-state index contributed by atoms with van der Waals surface area (Å²) in [6.07, 6.45) is -0.681. The predicted octanol–water partition coefficient (Wildman–Crippen LogP) is 5.96. The molecule has 0 amide bonds. The Labute approximate surface area is 284 Å². The molecule has 4 N–H and O–H groups in total. The van der Waals surface area contributed by atoms with E-state index < -0.39 is 29.2 Å². The van der Waals surface area contributed by atoms with E-state index in [9.17, 15) is 13.2 Å². The second kappa shape index (κ2) is 12.6. The number of nitrogens with two attached hydrogens (primary N) is 2. The average Bonchev–Trinajstić information content (AvgIpc) is 3.35. The minimum atomic E-state index is -4.78. The molecular formula is C33H35ClF4N8O3. The zero-order valence-corrected chi connectivity index (χ0v) is 27.8. The standard InChI is InChI=1S/C33H35ClF4N8O3/c1-15-12-46-18(13-48-15)6-7-19(46)14-49-32-43-27-24-28(47-10-9-45(31(24)44-32)17(3)20-5-4-8-41-29(20)39)25(34)23(26(27)35)22-16(2)21(33(36,37)38)11-42-30(22)40/h4-5,8,11,15,17-19H,6-7,9-10,12-14H2,1-3H3,(H2,39,41)(H2,40,42)/t15-,17-,18+,19+/m1/s1. The Morgan fingerprint density at radius 3 is 2.69 bits per heavy atom. The molecule has 6 heterocycles. The molecule has 2 saturated heterocycles. The fourth-order valence-electron chi connectivity index (χ4n) is 7.23. The van der Waals surface area contributed by atoms with E-state index in [1.807, 2.05) is 24.8 Å². The molecule has 3 aliphatic heterocycles. The number of ether oxygens (including phenoxy) is 3. The Hall–Kier alpha value is -4.21. The van der Waals surface area contributed by atoms with Crippen LogP contribution in [0.15, 0.2) is 24.5 Å². The van der Waals surface area contributed by atoms with Crippen molar-refractivity contribution >= 4 is 40.0 Å². The summed E-state index contributed by atoms with van der Waals surface area (Å²) in [5.41, 5.74) is 10.7. The maximum atomic E-state index is 17.0. The smallest absolute Gasteiger partial charge is 0.418 e. The molecule has 49 heavy (non-hydrogen) atoms. The lowest BCUT2D eigenvalue weighted by Gasteiger charge is -2.37. The van der Waals surface area contributed by atoms with Gasteiger partial charge in [-0.1, -0.05) is 17.7 Å². The van der Waals surface area contributed by atoms with Crippen molar-refractivity contribution in [1.82, 2.24) is 24.8 Å². The number of rotatable bonds is 6. The van der Waals surface area contributed by atoms with Crippen LogP contribution in [0.1, 0.15) is 49.4 Å². The Balaban J connectivity index is 1.40. The van der Waals surface area contributed by atoms with Gasteiger partial charge in [0.15, 0.2) is 11.6 Å². The molecule has 3 aliphatic rings.